The molecule has 0 aromatic heterocycles. The highest BCUT2D eigenvalue weighted by Gasteiger charge is 2.34. The standard InChI is InChI=1S/C21H33N3O5S/c1-17-5-7-23(8-6-17)30(26,27)24-11-9-22(10-12-24)16-19(25)18-3-4-20-21(15-18)29-14-2-13-28-20/h3-4,15,17,19,25H,2,5-14,16H2,1H3/t19-/m1/s1. The van der Waals surface area contributed by atoms with Crippen LogP contribution in [0.1, 0.15) is 37.9 Å². The zero-order valence-corrected chi connectivity index (χ0v) is 18.5. The van der Waals surface area contributed by atoms with Crippen molar-refractivity contribution in [1.82, 2.24) is 13.5 Å². The molecule has 3 heterocycles. The van der Waals surface area contributed by atoms with Gasteiger partial charge in [0.05, 0.1) is 19.3 Å². The molecule has 1 aromatic carbocycles. The quantitative estimate of drug-likeness (QED) is 0.748. The summed E-state index contributed by atoms with van der Waals surface area (Å²) < 4.78 is 40.4. The third kappa shape index (κ3) is 4.91. The summed E-state index contributed by atoms with van der Waals surface area (Å²) in [5, 5.41) is 10.7. The van der Waals surface area contributed by atoms with Gasteiger partial charge < -0.3 is 14.6 Å². The molecule has 2 fully saturated rings. The number of hydrogen-bond donors (Lipinski definition) is 1. The normalized spacial score (nSPS) is 23.8. The van der Waals surface area contributed by atoms with Crippen molar-refractivity contribution in [3.8, 4) is 11.5 Å². The van der Waals surface area contributed by atoms with Gasteiger partial charge in [-0.15, -0.1) is 0 Å². The average Bonchev–Trinajstić information content (AvgIpc) is 2.99. The lowest BCUT2D eigenvalue weighted by Crippen LogP contribution is -2.54. The minimum absolute atomic E-state index is 0.461. The van der Waals surface area contributed by atoms with Gasteiger partial charge in [-0.3, -0.25) is 4.90 Å². The molecule has 4 rings (SSSR count). The molecule has 1 atom stereocenters. The molecule has 3 aliphatic heterocycles. The number of benzene rings is 1. The lowest BCUT2D eigenvalue weighted by molar-refractivity contribution is 0.0901. The second-order valence-electron chi connectivity index (χ2n) is 8.56. The number of hydrogen-bond acceptors (Lipinski definition) is 6. The summed E-state index contributed by atoms with van der Waals surface area (Å²) in [7, 11) is -3.38. The van der Waals surface area contributed by atoms with E-state index < -0.39 is 16.3 Å². The van der Waals surface area contributed by atoms with Crippen LogP contribution in [0.2, 0.25) is 0 Å². The van der Waals surface area contributed by atoms with E-state index in [-0.39, 0.29) is 0 Å². The van der Waals surface area contributed by atoms with E-state index in [4.69, 9.17) is 9.47 Å². The first-order valence-corrected chi connectivity index (χ1v) is 12.4. The Kier molecular flexibility index (Phi) is 6.84. The molecule has 0 amide bonds. The lowest BCUT2D eigenvalue weighted by atomic mass is 10.0. The molecule has 2 saturated heterocycles. The fourth-order valence-electron chi connectivity index (χ4n) is 4.26. The third-order valence-corrected chi connectivity index (χ3v) is 8.35. The van der Waals surface area contributed by atoms with Crippen LogP contribution in [-0.2, 0) is 10.2 Å². The number of piperidine rings is 1. The maximum absolute atomic E-state index is 12.9. The average molecular weight is 440 g/mol. The highest BCUT2D eigenvalue weighted by Crippen LogP contribution is 2.32. The smallest absolute Gasteiger partial charge is 0.282 e. The van der Waals surface area contributed by atoms with Gasteiger partial charge in [-0.2, -0.15) is 17.0 Å². The summed E-state index contributed by atoms with van der Waals surface area (Å²) in [4.78, 5) is 2.12. The van der Waals surface area contributed by atoms with Gasteiger partial charge in [-0.25, -0.2) is 0 Å². The molecule has 0 spiro atoms. The van der Waals surface area contributed by atoms with Gasteiger partial charge in [-0.1, -0.05) is 13.0 Å². The highest BCUT2D eigenvalue weighted by atomic mass is 32.2. The summed E-state index contributed by atoms with van der Waals surface area (Å²) in [5.74, 6) is 1.99. The van der Waals surface area contributed by atoms with Crippen molar-refractivity contribution >= 4 is 10.2 Å². The number of fused-ring (bicyclic) bond motifs is 1. The van der Waals surface area contributed by atoms with Gasteiger partial charge in [0.1, 0.15) is 0 Å². The molecule has 0 saturated carbocycles. The molecule has 3 aliphatic rings. The summed E-state index contributed by atoms with van der Waals surface area (Å²) in [6.45, 7) is 7.28. The second kappa shape index (κ2) is 9.40. The Labute approximate surface area is 179 Å². The first-order valence-electron chi connectivity index (χ1n) is 11.0. The van der Waals surface area contributed by atoms with Crippen LogP contribution < -0.4 is 9.47 Å². The number of rotatable bonds is 5. The molecule has 0 bridgehead atoms. The van der Waals surface area contributed by atoms with Gasteiger partial charge in [0.25, 0.3) is 10.2 Å². The Hall–Kier alpha value is -1.39. The van der Waals surface area contributed by atoms with E-state index in [2.05, 4.69) is 11.8 Å². The molecule has 1 aromatic rings. The van der Waals surface area contributed by atoms with Crippen LogP contribution in [0.3, 0.4) is 0 Å². The van der Waals surface area contributed by atoms with E-state index in [1.54, 1.807) is 8.61 Å². The monoisotopic (exact) mass is 439 g/mol. The van der Waals surface area contributed by atoms with E-state index in [9.17, 15) is 13.5 Å². The van der Waals surface area contributed by atoms with Crippen molar-refractivity contribution in [1.29, 1.82) is 0 Å². The van der Waals surface area contributed by atoms with Crippen molar-refractivity contribution in [2.45, 2.75) is 32.3 Å². The Morgan fingerprint density at radius 3 is 2.33 bits per heavy atom. The van der Waals surface area contributed by atoms with Crippen LogP contribution in [0, 0.1) is 5.92 Å². The number of nitrogens with zero attached hydrogens (tertiary/aromatic N) is 3. The molecule has 0 unspecified atom stereocenters. The van der Waals surface area contributed by atoms with Crippen molar-refractivity contribution in [2.24, 2.45) is 5.92 Å². The summed E-state index contributed by atoms with van der Waals surface area (Å²) in [6.07, 6.45) is 2.05. The molecular formula is C21H33N3O5S. The second-order valence-corrected chi connectivity index (χ2v) is 10.5. The zero-order valence-electron chi connectivity index (χ0n) is 17.7. The number of β-amino-alcohol motifs (C(OH)–C–C–N with tert-alkyl or cyclic N) is 1. The van der Waals surface area contributed by atoms with Crippen molar-refractivity contribution < 1.29 is 23.0 Å². The van der Waals surface area contributed by atoms with E-state index >= 15 is 0 Å². The number of aliphatic hydroxyl groups is 1. The molecule has 30 heavy (non-hydrogen) atoms. The van der Waals surface area contributed by atoms with E-state index in [1.165, 1.54) is 0 Å². The Morgan fingerprint density at radius 1 is 1.00 bits per heavy atom. The Bertz CT molecular complexity index is 818. The minimum atomic E-state index is -3.38. The Balaban J connectivity index is 1.31. The molecule has 168 valence electrons. The minimum Gasteiger partial charge on any atom is -0.490 e. The van der Waals surface area contributed by atoms with E-state index in [1.807, 2.05) is 18.2 Å². The summed E-state index contributed by atoms with van der Waals surface area (Å²) in [6, 6.07) is 5.57. The number of ether oxygens (including phenoxy) is 2. The van der Waals surface area contributed by atoms with Crippen LogP contribution in [0.4, 0.5) is 0 Å². The van der Waals surface area contributed by atoms with Gasteiger partial charge in [0.15, 0.2) is 11.5 Å². The Morgan fingerprint density at radius 2 is 1.63 bits per heavy atom. The topological polar surface area (TPSA) is 82.6 Å². The molecule has 0 radical (unpaired) electrons. The first-order chi connectivity index (χ1) is 14.4. The SMILES string of the molecule is CC1CCN(S(=O)(=O)N2CCN(C[C@@H](O)c3ccc4c(c3)OCCCO4)CC2)CC1. The molecule has 9 heteroatoms. The predicted octanol–water partition coefficient (Wildman–Crippen LogP) is 1.48. The fourth-order valence-corrected chi connectivity index (χ4v) is 5.88. The van der Waals surface area contributed by atoms with Crippen LogP contribution in [-0.4, -0.2) is 86.1 Å². The lowest BCUT2D eigenvalue weighted by Gasteiger charge is -2.39. The van der Waals surface area contributed by atoms with Crippen molar-refractivity contribution in [3.63, 3.8) is 0 Å². The van der Waals surface area contributed by atoms with Crippen molar-refractivity contribution in [2.75, 3.05) is 59.0 Å². The molecule has 8 nitrogen and oxygen atoms in total. The van der Waals surface area contributed by atoms with Crippen molar-refractivity contribution in [3.05, 3.63) is 23.8 Å². The maximum Gasteiger partial charge on any atom is 0.282 e. The third-order valence-electron chi connectivity index (χ3n) is 6.31. The first kappa shape index (κ1) is 21.8. The number of aliphatic hydroxyl groups excluding tert-OH is 1. The van der Waals surface area contributed by atoms with E-state index in [0.29, 0.717) is 70.7 Å². The molecular weight excluding hydrogens is 406 g/mol. The van der Waals surface area contributed by atoms with Gasteiger partial charge in [0.2, 0.25) is 0 Å². The predicted molar refractivity (Wildman–Crippen MR) is 114 cm³/mol. The van der Waals surface area contributed by atoms with E-state index in [0.717, 1.165) is 30.6 Å². The van der Waals surface area contributed by atoms with Crippen LogP contribution in [0.25, 0.3) is 0 Å². The molecule has 1 N–H and O–H groups in total. The number of piperazine rings is 1. The summed E-state index contributed by atoms with van der Waals surface area (Å²) in [5.41, 5.74) is 0.789. The zero-order chi connectivity index (χ0) is 21.1. The van der Waals surface area contributed by atoms with Crippen LogP contribution >= 0.6 is 0 Å². The molecule has 0 aliphatic carbocycles. The highest BCUT2D eigenvalue weighted by molar-refractivity contribution is 7.86. The van der Waals surface area contributed by atoms with Gasteiger partial charge in [-0.05, 0) is 36.5 Å². The summed E-state index contributed by atoms with van der Waals surface area (Å²) >= 11 is 0. The fraction of sp³-hybridized carbons (Fsp3) is 0.714. The maximum atomic E-state index is 12.9. The van der Waals surface area contributed by atoms with Gasteiger partial charge >= 0.3 is 0 Å². The van der Waals surface area contributed by atoms with Crippen LogP contribution in [0.15, 0.2) is 18.2 Å². The van der Waals surface area contributed by atoms with Gasteiger partial charge in [0, 0.05) is 52.2 Å². The van der Waals surface area contributed by atoms with Crippen LogP contribution in [0.5, 0.6) is 11.5 Å². The largest absolute Gasteiger partial charge is 0.490 e.